The Hall–Kier alpha value is -3.31. The number of benzene rings is 1. The van der Waals surface area contributed by atoms with Crippen molar-refractivity contribution < 1.29 is 22.4 Å². The van der Waals surface area contributed by atoms with E-state index in [0.717, 1.165) is 12.1 Å². The van der Waals surface area contributed by atoms with Crippen LogP contribution in [0.15, 0.2) is 42.9 Å². The summed E-state index contributed by atoms with van der Waals surface area (Å²) in [6.45, 7) is 4.24. The summed E-state index contributed by atoms with van der Waals surface area (Å²) in [5.41, 5.74) is 3.91. The number of alkyl halides is 3. The van der Waals surface area contributed by atoms with Crippen molar-refractivity contribution in [3.05, 3.63) is 59.3 Å². The molecule has 0 aliphatic carbocycles. The number of carbonyl (C=O) groups is 1. The van der Waals surface area contributed by atoms with Crippen molar-refractivity contribution in [2.75, 3.05) is 18.0 Å². The van der Waals surface area contributed by atoms with Crippen molar-refractivity contribution in [3.63, 3.8) is 0 Å². The fourth-order valence-corrected chi connectivity index (χ4v) is 4.21. The van der Waals surface area contributed by atoms with Gasteiger partial charge in [-0.2, -0.15) is 13.2 Å². The molecule has 1 fully saturated rings. The third-order valence-corrected chi connectivity index (χ3v) is 5.92. The first-order valence-electron chi connectivity index (χ1n) is 10.6. The maximum Gasteiger partial charge on any atom is 0.416 e. The molecule has 0 saturated carbocycles. The number of hydrogen-bond acceptors (Lipinski definition) is 6. The van der Waals surface area contributed by atoms with Gasteiger partial charge in [-0.3, -0.25) is 15.1 Å². The van der Waals surface area contributed by atoms with Gasteiger partial charge in [-0.15, -0.1) is 0 Å². The van der Waals surface area contributed by atoms with E-state index in [1.54, 1.807) is 11.0 Å². The first-order valence-corrected chi connectivity index (χ1v) is 11.0. The summed E-state index contributed by atoms with van der Waals surface area (Å²) in [5, 5.41) is 3.37. The molecule has 2 aromatic heterocycles. The number of primary amides is 1. The van der Waals surface area contributed by atoms with Gasteiger partial charge in [0.15, 0.2) is 0 Å². The van der Waals surface area contributed by atoms with E-state index in [1.807, 2.05) is 13.8 Å². The molecule has 0 radical (unpaired) electrons. The molecule has 35 heavy (non-hydrogen) atoms. The molecule has 184 valence electrons. The van der Waals surface area contributed by atoms with Gasteiger partial charge < -0.3 is 10.6 Å². The Morgan fingerprint density at radius 2 is 1.89 bits per heavy atom. The topological polar surface area (TPSA) is 97.0 Å². The maximum absolute atomic E-state index is 14.8. The molecule has 3 N–H and O–H groups in total. The predicted octanol–water partition coefficient (Wildman–Crippen LogP) is 4.06. The molecule has 1 aliphatic rings. The van der Waals surface area contributed by atoms with E-state index in [0.29, 0.717) is 17.4 Å². The molecule has 0 unspecified atom stereocenters. The van der Waals surface area contributed by atoms with Crippen molar-refractivity contribution in [1.29, 1.82) is 0 Å². The van der Waals surface area contributed by atoms with Gasteiger partial charge in [-0.1, -0.05) is 11.6 Å². The van der Waals surface area contributed by atoms with Crippen molar-refractivity contribution in [2.24, 2.45) is 5.73 Å². The van der Waals surface area contributed by atoms with Gasteiger partial charge in [0.2, 0.25) is 5.91 Å². The number of carbonyl (C=O) groups excluding carboxylic acids is 1. The predicted molar refractivity (Wildman–Crippen MR) is 123 cm³/mol. The maximum atomic E-state index is 14.8. The van der Waals surface area contributed by atoms with Crippen LogP contribution in [-0.2, 0) is 11.0 Å². The van der Waals surface area contributed by atoms with E-state index in [-0.39, 0.29) is 41.1 Å². The second-order valence-electron chi connectivity index (χ2n) is 8.57. The zero-order chi connectivity index (χ0) is 25.5. The lowest BCUT2D eigenvalue weighted by molar-refractivity contribution is -0.137. The van der Waals surface area contributed by atoms with Gasteiger partial charge in [0.1, 0.15) is 22.9 Å². The molecule has 0 atom stereocenters. The first kappa shape index (κ1) is 24.8. The van der Waals surface area contributed by atoms with E-state index < -0.39 is 29.0 Å². The second kappa shape index (κ2) is 9.04. The molecule has 12 heteroatoms. The van der Waals surface area contributed by atoms with Gasteiger partial charge in [0.05, 0.1) is 22.5 Å². The average Bonchev–Trinajstić information content (AvgIpc) is 2.75. The van der Waals surface area contributed by atoms with E-state index in [2.05, 4.69) is 20.3 Å². The van der Waals surface area contributed by atoms with Gasteiger partial charge in [0.25, 0.3) is 0 Å². The second-order valence-corrected chi connectivity index (χ2v) is 8.98. The number of halogens is 5. The van der Waals surface area contributed by atoms with Crippen LogP contribution in [0, 0.1) is 5.82 Å². The number of aromatic nitrogens is 3. The Morgan fingerprint density at radius 1 is 1.17 bits per heavy atom. The zero-order valence-electron chi connectivity index (χ0n) is 18.7. The summed E-state index contributed by atoms with van der Waals surface area (Å²) in [5.74, 6) is -1.24. The lowest BCUT2D eigenvalue weighted by Gasteiger charge is -2.49. The van der Waals surface area contributed by atoms with Crippen LogP contribution in [0.3, 0.4) is 0 Å². The molecule has 0 spiro atoms. The van der Waals surface area contributed by atoms with Gasteiger partial charge in [-0.05, 0) is 38.1 Å². The van der Waals surface area contributed by atoms with Gasteiger partial charge >= 0.3 is 6.18 Å². The highest BCUT2D eigenvalue weighted by Crippen LogP contribution is 2.38. The van der Waals surface area contributed by atoms with Crippen molar-refractivity contribution in [1.82, 2.24) is 20.3 Å². The minimum Gasteiger partial charge on any atom is -0.368 e. The van der Waals surface area contributed by atoms with E-state index in [9.17, 15) is 22.4 Å². The largest absolute Gasteiger partial charge is 0.416 e. The Kier molecular flexibility index (Phi) is 6.41. The highest BCUT2D eigenvalue weighted by atomic mass is 35.5. The quantitative estimate of drug-likeness (QED) is 0.487. The molecule has 1 aromatic carbocycles. The number of nitrogens with zero attached hydrogens (tertiary/aromatic N) is 4. The summed E-state index contributed by atoms with van der Waals surface area (Å²) in [7, 11) is 0. The normalized spacial score (nSPS) is 15.3. The average molecular weight is 509 g/mol. The summed E-state index contributed by atoms with van der Waals surface area (Å²) in [6.07, 6.45) is -0.505. The lowest BCUT2D eigenvalue weighted by Crippen LogP contribution is -2.76. The molecule has 1 saturated heterocycles. The number of nitrogens with one attached hydrogen (secondary N) is 1. The summed E-state index contributed by atoms with van der Waals surface area (Å²) in [6, 6.07) is 3.75. The number of rotatable bonds is 6. The first-order chi connectivity index (χ1) is 16.4. The van der Waals surface area contributed by atoms with Crippen LogP contribution in [0.4, 0.5) is 23.4 Å². The third kappa shape index (κ3) is 4.78. The van der Waals surface area contributed by atoms with Crippen LogP contribution in [0.5, 0.6) is 0 Å². The number of pyridine rings is 1. The van der Waals surface area contributed by atoms with E-state index in [1.165, 1.54) is 18.6 Å². The summed E-state index contributed by atoms with van der Waals surface area (Å²) >= 11 is 6.31. The smallest absolute Gasteiger partial charge is 0.368 e. The highest BCUT2D eigenvalue weighted by molar-refractivity contribution is 6.33. The number of amides is 1. The van der Waals surface area contributed by atoms with Gasteiger partial charge in [0, 0.05) is 42.7 Å². The van der Waals surface area contributed by atoms with Crippen LogP contribution < -0.4 is 16.0 Å². The Labute approximate surface area is 203 Å². The van der Waals surface area contributed by atoms with Crippen LogP contribution in [0.2, 0.25) is 5.02 Å². The van der Waals surface area contributed by atoms with Crippen molar-refractivity contribution in [2.45, 2.75) is 31.6 Å². The summed E-state index contributed by atoms with van der Waals surface area (Å²) < 4.78 is 53.9. The Balaban J connectivity index is 1.78. The fourth-order valence-electron chi connectivity index (χ4n) is 4.01. The Morgan fingerprint density at radius 3 is 2.46 bits per heavy atom. The Bertz CT molecular complexity index is 1280. The van der Waals surface area contributed by atoms with Gasteiger partial charge in [-0.25, -0.2) is 14.4 Å². The number of anilines is 1. The lowest BCUT2D eigenvalue weighted by atomic mass is 9.88. The number of nitrogens with two attached hydrogens (primary N) is 1. The van der Waals surface area contributed by atoms with Crippen LogP contribution in [0.1, 0.15) is 19.4 Å². The minimum absolute atomic E-state index is 0.00643. The van der Waals surface area contributed by atoms with Crippen LogP contribution in [0.25, 0.3) is 22.5 Å². The van der Waals surface area contributed by atoms with Crippen LogP contribution >= 0.6 is 11.6 Å². The minimum atomic E-state index is -4.69. The molecular weight excluding hydrogens is 488 g/mol. The van der Waals surface area contributed by atoms with E-state index in [4.69, 9.17) is 17.3 Å². The zero-order valence-corrected chi connectivity index (χ0v) is 19.5. The molecule has 1 aliphatic heterocycles. The molecule has 0 bridgehead atoms. The SMILES string of the molecule is CC(C)NC1(C(N)=O)CN(c2cnc(-c3ccc(C(F)(F)F)cc3F)c(-c3ccncc3Cl)n2)C1. The monoisotopic (exact) mass is 508 g/mol. The van der Waals surface area contributed by atoms with E-state index >= 15 is 0 Å². The summed E-state index contributed by atoms with van der Waals surface area (Å²) in [4.78, 5) is 26.7. The fraction of sp³-hybridized carbons (Fsp3) is 0.304. The molecule has 3 heterocycles. The number of hydrogen-bond donors (Lipinski definition) is 2. The molecular formula is C23H21ClF4N6O. The third-order valence-electron chi connectivity index (χ3n) is 5.62. The highest BCUT2D eigenvalue weighted by Gasteiger charge is 2.49. The van der Waals surface area contributed by atoms with Crippen LogP contribution in [-0.4, -0.2) is 45.5 Å². The van der Waals surface area contributed by atoms with Crippen molar-refractivity contribution in [3.8, 4) is 22.5 Å². The molecule has 7 nitrogen and oxygen atoms in total. The molecule has 3 aromatic rings. The standard InChI is InChI=1S/C23H21ClF4N6O/c1-12(2)33-22(21(29)35)10-34(11-22)18-9-31-19(20(32-18)14-5-6-30-8-16(14)24)15-4-3-13(7-17(15)25)23(26,27)28/h3-9,12,33H,10-11H2,1-2H3,(H2,29,35). The molecule has 4 rings (SSSR count). The molecule has 1 amide bonds. The van der Waals surface area contributed by atoms with Crippen molar-refractivity contribution >= 4 is 23.3 Å².